The van der Waals surface area contributed by atoms with E-state index < -0.39 is 29.7 Å². The molecule has 17 heavy (non-hydrogen) atoms. The first kappa shape index (κ1) is 15.4. The largest absolute Gasteiger partial charge is 0.469 e. The zero-order valence-corrected chi connectivity index (χ0v) is 10.5. The Hall–Kier alpha value is -1.59. The van der Waals surface area contributed by atoms with Gasteiger partial charge in [-0.15, -0.1) is 0 Å². The predicted octanol–water partition coefficient (Wildman–Crippen LogP) is 0.538. The summed E-state index contributed by atoms with van der Waals surface area (Å²) in [6, 6.07) is 0. The Kier molecular flexibility index (Phi) is 6.93. The molecule has 0 rings (SSSR count). The summed E-state index contributed by atoms with van der Waals surface area (Å²) in [5.74, 6) is -2.84. The molecule has 0 aromatic heterocycles. The average molecular weight is 246 g/mol. The van der Waals surface area contributed by atoms with Crippen molar-refractivity contribution in [1.82, 2.24) is 0 Å². The Bertz CT molecular complexity index is 286. The Morgan fingerprint density at radius 3 is 1.88 bits per heavy atom. The summed E-state index contributed by atoms with van der Waals surface area (Å²) in [6.45, 7) is 1.56. The van der Waals surface area contributed by atoms with E-state index in [1.165, 1.54) is 21.3 Å². The van der Waals surface area contributed by atoms with Gasteiger partial charge < -0.3 is 14.2 Å². The topological polar surface area (TPSA) is 78.9 Å². The molecule has 0 aliphatic heterocycles. The molecule has 0 N–H and O–H groups in total. The van der Waals surface area contributed by atoms with Crippen LogP contribution in [-0.4, -0.2) is 39.2 Å². The molecule has 2 atom stereocenters. The first-order chi connectivity index (χ1) is 7.97. The molecule has 0 heterocycles. The van der Waals surface area contributed by atoms with E-state index in [9.17, 15) is 14.4 Å². The van der Waals surface area contributed by atoms with E-state index >= 15 is 0 Å². The Morgan fingerprint density at radius 1 is 0.941 bits per heavy atom. The van der Waals surface area contributed by atoms with Gasteiger partial charge in [0.25, 0.3) is 0 Å². The fourth-order valence-electron chi connectivity index (χ4n) is 1.45. The van der Waals surface area contributed by atoms with Gasteiger partial charge in [-0.3, -0.25) is 14.4 Å². The van der Waals surface area contributed by atoms with E-state index in [1.807, 2.05) is 0 Å². The maximum absolute atomic E-state index is 11.5. The van der Waals surface area contributed by atoms with Gasteiger partial charge >= 0.3 is 17.9 Å². The van der Waals surface area contributed by atoms with Gasteiger partial charge in [0.05, 0.1) is 33.2 Å². The maximum Gasteiger partial charge on any atom is 0.309 e. The third-order valence-corrected chi connectivity index (χ3v) is 2.57. The molecule has 0 aromatic rings. The summed E-state index contributed by atoms with van der Waals surface area (Å²) >= 11 is 0. The molecule has 0 aliphatic rings. The number of carbonyl (C=O) groups is 3. The number of carbonyl (C=O) groups excluding carboxylic acids is 3. The second-order valence-corrected chi connectivity index (χ2v) is 3.56. The minimum atomic E-state index is -0.702. The molecular formula is C11H18O6. The van der Waals surface area contributed by atoms with Crippen LogP contribution in [-0.2, 0) is 28.6 Å². The number of methoxy groups -OCH3 is 3. The van der Waals surface area contributed by atoms with Crippen LogP contribution in [0.25, 0.3) is 0 Å². The molecule has 0 saturated heterocycles. The molecule has 0 fully saturated rings. The lowest BCUT2D eigenvalue weighted by atomic mass is 9.90. The molecule has 0 aliphatic carbocycles. The molecule has 0 bridgehead atoms. The highest BCUT2D eigenvalue weighted by Gasteiger charge is 2.32. The van der Waals surface area contributed by atoms with Crippen LogP contribution in [0.1, 0.15) is 19.8 Å². The zero-order chi connectivity index (χ0) is 13.4. The van der Waals surface area contributed by atoms with Crippen molar-refractivity contribution in [1.29, 1.82) is 0 Å². The molecule has 0 spiro atoms. The summed E-state index contributed by atoms with van der Waals surface area (Å²) in [7, 11) is 3.74. The molecule has 6 heteroatoms. The van der Waals surface area contributed by atoms with E-state index in [0.717, 1.165) is 0 Å². The number of ether oxygens (including phenoxy) is 3. The number of rotatable bonds is 6. The van der Waals surface area contributed by atoms with Gasteiger partial charge in [0.2, 0.25) is 0 Å². The molecule has 2 unspecified atom stereocenters. The molecule has 0 amide bonds. The van der Waals surface area contributed by atoms with Crippen LogP contribution in [0.5, 0.6) is 0 Å². The standard InChI is InChI=1S/C11H18O6/c1-7(10(13)16-3)8(11(14)17-4)5-6-9(12)15-2/h7-8H,5-6H2,1-4H3. The normalized spacial score (nSPS) is 13.4. The quantitative estimate of drug-likeness (QED) is 0.502. The van der Waals surface area contributed by atoms with Crippen molar-refractivity contribution in [3.63, 3.8) is 0 Å². The van der Waals surface area contributed by atoms with Gasteiger partial charge in [0.15, 0.2) is 0 Å². The van der Waals surface area contributed by atoms with Crippen LogP contribution in [0.15, 0.2) is 0 Å². The lowest BCUT2D eigenvalue weighted by Gasteiger charge is -2.19. The molecule has 0 saturated carbocycles. The van der Waals surface area contributed by atoms with Crippen molar-refractivity contribution >= 4 is 17.9 Å². The molecule has 0 radical (unpaired) electrons. The monoisotopic (exact) mass is 246 g/mol. The lowest BCUT2D eigenvalue weighted by Crippen LogP contribution is -2.30. The van der Waals surface area contributed by atoms with Crippen molar-refractivity contribution in [2.24, 2.45) is 11.8 Å². The van der Waals surface area contributed by atoms with Crippen LogP contribution >= 0.6 is 0 Å². The smallest absolute Gasteiger partial charge is 0.309 e. The second-order valence-electron chi connectivity index (χ2n) is 3.56. The van der Waals surface area contributed by atoms with Crippen molar-refractivity contribution in [2.75, 3.05) is 21.3 Å². The Labute approximate surface area is 100 Å². The third-order valence-electron chi connectivity index (χ3n) is 2.57. The second kappa shape index (κ2) is 7.65. The van der Waals surface area contributed by atoms with Gasteiger partial charge in [-0.2, -0.15) is 0 Å². The highest BCUT2D eigenvalue weighted by molar-refractivity contribution is 5.82. The first-order valence-corrected chi connectivity index (χ1v) is 5.20. The van der Waals surface area contributed by atoms with Gasteiger partial charge in [0, 0.05) is 6.42 Å². The Balaban J connectivity index is 4.59. The number of hydrogen-bond acceptors (Lipinski definition) is 6. The predicted molar refractivity (Wildman–Crippen MR) is 57.9 cm³/mol. The summed E-state index contributed by atoms with van der Waals surface area (Å²) in [4.78, 5) is 33.8. The number of esters is 3. The van der Waals surface area contributed by atoms with Gasteiger partial charge in [-0.1, -0.05) is 6.92 Å². The average Bonchev–Trinajstić information content (AvgIpc) is 2.36. The van der Waals surface area contributed by atoms with E-state index in [-0.39, 0.29) is 12.8 Å². The van der Waals surface area contributed by atoms with Crippen LogP contribution < -0.4 is 0 Å². The van der Waals surface area contributed by atoms with Crippen molar-refractivity contribution in [2.45, 2.75) is 19.8 Å². The first-order valence-electron chi connectivity index (χ1n) is 5.20. The maximum atomic E-state index is 11.5. The van der Waals surface area contributed by atoms with Crippen LogP contribution in [0.4, 0.5) is 0 Å². The molecular weight excluding hydrogens is 228 g/mol. The van der Waals surface area contributed by atoms with Crippen LogP contribution in [0.2, 0.25) is 0 Å². The minimum absolute atomic E-state index is 0.0532. The third kappa shape index (κ3) is 4.84. The zero-order valence-electron chi connectivity index (χ0n) is 10.5. The van der Waals surface area contributed by atoms with Gasteiger partial charge in [-0.05, 0) is 6.42 Å². The summed E-state index contributed by atoms with van der Waals surface area (Å²) in [5.41, 5.74) is 0. The van der Waals surface area contributed by atoms with E-state index in [2.05, 4.69) is 14.2 Å². The van der Waals surface area contributed by atoms with E-state index in [1.54, 1.807) is 6.92 Å². The summed E-state index contributed by atoms with van der Waals surface area (Å²) in [5, 5.41) is 0. The fraction of sp³-hybridized carbons (Fsp3) is 0.727. The highest BCUT2D eigenvalue weighted by atomic mass is 16.5. The van der Waals surface area contributed by atoms with E-state index in [0.29, 0.717) is 0 Å². The van der Waals surface area contributed by atoms with Crippen LogP contribution in [0, 0.1) is 11.8 Å². The van der Waals surface area contributed by atoms with Crippen molar-refractivity contribution in [3.8, 4) is 0 Å². The van der Waals surface area contributed by atoms with E-state index in [4.69, 9.17) is 0 Å². The summed E-state index contributed by atoms with van der Waals surface area (Å²) in [6.07, 6.45) is 0.243. The molecule has 0 aromatic carbocycles. The molecule has 98 valence electrons. The number of hydrogen-bond donors (Lipinski definition) is 0. The summed E-state index contributed by atoms with van der Waals surface area (Å²) < 4.78 is 13.6. The Morgan fingerprint density at radius 2 is 1.47 bits per heavy atom. The van der Waals surface area contributed by atoms with Crippen LogP contribution in [0.3, 0.4) is 0 Å². The highest BCUT2D eigenvalue weighted by Crippen LogP contribution is 2.20. The van der Waals surface area contributed by atoms with Crippen molar-refractivity contribution in [3.05, 3.63) is 0 Å². The fourth-order valence-corrected chi connectivity index (χ4v) is 1.45. The lowest BCUT2D eigenvalue weighted by molar-refractivity contribution is -0.157. The van der Waals surface area contributed by atoms with Gasteiger partial charge in [-0.25, -0.2) is 0 Å². The SMILES string of the molecule is COC(=O)CCC(C(=O)OC)C(C)C(=O)OC. The van der Waals surface area contributed by atoms with Crippen molar-refractivity contribution < 1.29 is 28.6 Å². The minimum Gasteiger partial charge on any atom is -0.469 e. The van der Waals surface area contributed by atoms with Gasteiger partial charge in [0.1, 0.15) is 0 Å². The molecule has 6 nitrogen and oxygen atoms in total.